The topological polar surface area (TPSA) is 57.5 Å². The standard InChI is InChI=1S/C12H24O3/c13-10-8-6-4-2-1-3-5-7-9-12(15)11-14/h13-14H,1-11H2. The van der Waals surface area contributed by atoms with Crippen molar-refractivity contribution in [3.05, 3.63) is 0 Å². The Morgan fingerprint density at radius 2 is 1.20 bits per heavy atom. The summed E-state index contributed by atoms with van der Waals surface area (Å²) in [7, 11) is 0. The van der Waals surface area contributed by atoms with Crippen LogP contribution in [0.15, 0.2) is 0 Å². The highest BCUT2D eigenvalue weighted by Crippen LogP contribution is 2.09. The van der Waals surface area contributed by atoms with Gasteiger partial charge in [-0.2, -0.15) is 0 Å². The third-order valence-corrected chi connectivity index (χ3v) is 2.54. The van der Waals surface area contributed by atoms with Gasteiger partial charge in [-0.3, -0.25) is 4.79 Å². The van der Waals surface area contributed by atoms with Crippen molar-refractivity contribution >= 4 is 5.78 Å². The normalized spacial score (nSPS) is 10.5. The molecule has 90 valence electrons. The van der Waals surface area contributed by atoms with Gasteiger partial charge in [0, 0.05) is 13.0 Å². The van der Waals surface area contributed by atoms with E-state index in [0.29, 0.717) is 13.0 Å². The average Bonchev–Trinajstić information content (AvgIpc) is 2.26. The van der Waals surface area contributed by atoms with Crippen LogP contribution >= 0.6 is 0 Å². The summed E-state index contributed by atoms with van der Waals surface area (Å²) in [5.41, 5.74) is 0. The van der Waals surface area contributed by atoms with Gasteiger partial charge in [-0.25, -0.2) is 0 Å². The van der Waals surface area contributed by atoms with Crippen LogP contribution in [0.25, 0.3) is 0 Å². The molecule has 0 aromatic heterocycles. The van der Waals surface area contributed by atoms with E-state index in [1.54, 1.807) is 0 Å². The summed E-state index contributed by atoms with van der Waals surface area (Å²) in [4.78, 5) is 10.7. The van der Waals surface area contributed by atoms with Crippen molar-refractivity contribution in [2.75, 3.05) is 13.2 Å². The molecular weight excluding hydrogens is 192 g/mol. The molecule has 0 saturated heterocycles. The Morgan fingerprint density at radius 3 is 1.67 bits per heavy atom. The van der Waals surface area contributed by atoms with Crippen LogP contribution in [0.2, 0.25) is 0 Å². The first-order valence-electron chi connectivity index (χ1n) is 6.04. The van der Waals surface area contributed by atoms with E-state index in [2.05, 4.69) is 0 Å². The summed E-state index contributed by atoms with van der Waals surface area (Å²) in [6.07, 6.45) is 9.41. The molecule has 0 radical (unpaired) electrons. The molecule has 0 unspecified atom stereocenters. The number of unbranched alkanes of at least 4 members (excludes halogenated alkanes) is 7. The van der Waals surface area contributed by atoms with Crippen molar-refractivity contribution in [2.24, 2.45) is 0 Å². The third-order valence-electron chi connectivity index (χ3n) is 2.54. The summed E-state index contributed by atoms with van der Waals surface area (Å²) in [6.45, 7) is 0.00440. The lowest BCUT2D eigenvalue weighted by molar-refractivity contribution is -0.121. The number of Topliss-reactive ketones (excluding diaryl/α,β-unsaturated/α-hetero) is 1. The lowest BCUT2D eigenvalue weighted by atomic mass is 10.1. The van der Waals surface area contributed by atoms with E-state index in [4.69, 9.17) is 10.2 Å². The molecule has 0 aliphatic rings. The van der Waals surface area contributed by atoms with Crippen molar-refractivity contribution in [1.82, 2.24) is 0 Å². The second-order valence-corrected chi connectivity index (χ2v) is 4.00. The number of hydrogen-bond donors (Lipinski definition) is 2. The van der Waals surface area contributed by atoms with Crippen molar-refractivity contribution in [2.45, 2.75) is 57.8 Å². The Labute approximate surface area is 92.5 Å². The third kappa shape index (κ3) is 11.5. The zero-order valence-electron chi connectivity index (χ0n) is 9.58. The minimum Gasteiger partial charge on any atom is -0.396 e. The molecule has 0 saturated carbocycles. The lowest BCUT2D eigenvalue weighted by Gasteiger charge is -2.01. The SMILES string of the molecule is O=C(CO)CCCCCCCCCCO. The first-order chi connectivity index (χ1) is 7.31. The number of ketones is 1. The molecule has 0 fully saturated rings. The Morgan fingerprint density at radius 1 is 0.733 bits per heavy atom. The van der Waals surface area contributed by atoms with E-state index in [1.807, 2.05) is 0 Å². The molecule has 15 heavy (non-hydrogen) atoms. The van der Waals surface area contributed by atoms with Gasteiger partial charge in [0.15, 0.2) is 5.78 Å². The first-order valence-corrected chi connectivity index (χ1v) is 6.04. The first kappa shape index (κ1) is 14.6. The Hall–Kier alpha value is -0.410. The van der Waals surface area contributed by atoms with Gasteiger partial charge < -0.3 is 10.2 Å². The Balaban J connectivity index is 2.95. The zero-order chi connectivity index (χ0) is 11.4. The maximum absolute atomic E-state index is 10.7. The second-order valence-electron chi connectivity index (χ2n) is 4.00. The molecule has 3 nitrogen and oxygen atoms in total. The largest absolute Gasteiger partial charge is 0.396 e. The average molecular weight is 216 g/mol. The maximum atomic E-state index is 10.7. The van der Waals surface area contributed by atoms with Gasteiger partial charge in [0.2, 0.25) is 0 Å². The van der Waals surface area contributed by atoms with Crippen LogP contribution in [0, 0.1) is 0 Å². The molecule has 0 aromatic rings. The summed E-state index contributed by atoms with van der Waals surface area (Å²) in [6, 6.07) is 0. The fourth-order valence-electron chi connectivity index (χ4n) is 1.57. The van der Waals surface area contributed by atoms with Gasteiger partial charge in [0.05, 0.1) is 0 Å². The number of rotatable bonds is 11. The molecule has 0 bridgehead atoms. The number of hydrogen-bond acceptors (Lipinski definition) is 3. The molecule has 0 aromatic carbocycles. The van der Waals surface area contributed by atoms with Crippen molar-refractivity contribution in [1.29, 1.82) is 0 Å². The van der Waals surface area contributed by atoms with Crippen LogP contribution in [-0.4, -0.2) is 29.2 Å². The second kappa shape index (κ2) is 11.7. The maximum Gasteiger partial charge on any atom is 0.158 e. The molecule has 0 atom stereocenters. The summed E-state index contributed by atoms with van der Waals surface area (Å²) in [5.74, 6) is -0.0436. The van der Waals surface area contributed by atoms with Gasteiger partial charge >= 0.3 is 0 Å². The molecule has 0 aliphatic heterocycles. The van der Waals surface area contributed by atoms with Crippen LogP contribution in [0.5, 0.6) is 0 Å². The van der Waals surface area contributed by atoms with Crippen molar-refractivity contribution in [3.8, 4) is 0 Å². The van der Waals surface area contributed by atoms with Crippen LogP contribution in [-0.2, 0) is 4.79 Å². The molecule has 0 aliphatic carbocycles. The van der Waals surface area contributed by atoms with Crippen molar-refractivity contribution in [3.63, 3.8) is 0 Å². The molecule has 0 rings (SSSR count). The summed E-state index contributed by atoms with van der Waals surface area (Å²) in [5, 5.41) is 17.0. The smallest absolute Gasteiger partial charge is 0.158 e. The van der Waals surface area contributed by atoms with Gasteiger partial charge in [-0.05, 0) is 12.8 Å². The summed E-state index contributed by atoms with van der Waals surface area (Å²) < 4.78 is 0. The van der Waals surface area contributed by atoms with E-state index >= 15 is 0 Å². The quantitative estimate of drug-likeness (QED) is 0.520. The van der Waals surface area contributed by atoms with Crippen LogP contribution in [0.1, 0.15) is 57.8 Å². The van der Waals surface area contributed by atoms with Crippen molar-refractivity contribution < 1.29 is 15.0 Å². The minimum atomic E-state index is -0.304. The zero-order valence-corrected chi connectivity index (χ0v) is 9.58. The Kier molecular flexibility index (Phi) is 11.3. The van der Waals surface area contributed by atoms with E-state index in [-0.39, 0.29) is 12.4 Å². The van der Waals surface area contributed by atoms with Gasteiger partial charge in [0.1, 0.15) is 6.61 Å². The van der Waals surface area contributed by atoms with E-state index in [0.717, 1.165) is 25.7 Å². The molecule has 0 spiro atoms. The van der Waals surface area contributed by atoms with E-state index < -0.39 is 0 Å². The number of aliphatic hydroxyl groups excluding tert-OH is 2. The molecular formula is C12H24O3. The molecule has 3 heteroatoms. The predicted octanol–water partition coefficient (Wildman–Crippen LogP) is 2.05. The lowest BCUT2D eigenvalue weighted by Crippen LogP contribution is -2.02. The predicted molar refractivity (Wildman–Crippen MR) is 60.7 cm³/mol. The van der Waals surface area contributed by atoms with Gasteiger partial charge in [0.25, 0.3) is 0 Å². The Bertz CT molecular complexity index is 146. The molecule has 0 heterocycles. The summed E-state index contributed by atoms with van der Waals surface area (Å²) >= 11 is 0. The number of aliphatic hydroxyl groups is 2. The fourth-order valence-corrected chi connectivity index (χ4v) is 1.57. The highest BCUT2D eigenvalue weighted by Gasteiger charge is 1.98. The fraction of sp³-hybridized carbons (Fsp3) is 0.917. The van der Waals surface area contributed by atoms with E-state index in [9.17, 15) is 4.79 Å². The van der Waals surface area contributed by atoms with Crippen LogP contribution in [0.3, 0.4) is 0 Å². The minimum absolute atomic E-state index is 0.0436. The number of carbonyl (C=O) groups is 1. The molecule has 0 amide bonds. The van der Waals surface area contributed by atoms with Gasteiger partial charge in [-0.1, -0.05) is 38.5 Å². The monoisotopic (exact) mass is 216 g/mol. The van der Waals surface area contributed by atoms with Crippen LogP contribution < -0.4 is 0 Å². The number of carbonyl (C=O) groups excluding carboxylic acids is 1. The van der Waals surface area contributed by atoms with E-state index in [1.165, 1.54) is 25.7 Å². The van der Waals surface area contributed by atoms with Gasteiger partial charge in [-0.15, -0.1) is 0 Å². The van der Waals surface area contributed by atoms with Crippen LogP contribution in [0.4, 0.5) is 0 Å². The highest BCUT2D eigenvalue weighted by atomic mass is 16.3. The molecule has 2 N–H and O–H groups in total. The highest BCUT2D eigenvalue weighted by molar-refractivity contribution is 5.79.